The minimum Gasteiger partial charge on any atom is -0.379 e. The number of anilines is 1. The van der Waals surface area contributed by atoms with Gasteiger partial charge in [-0.1, -0.05) is 6.07 Å². The maximum atomic E-state index is 4.24. The van der Waals surface area contributed by atoms with Crippen molar-refractivity contribution in [1.82, 2.24) is 25.2 Å². The molecule has 0 fully saturated rings. The van der Waals surface area contributed by atoms with Crippen LogP contribution in [0.3, 0.4) is 0 Å². The van der Waals surface area contributed by atoms with Gasteiger partial charge < -0.3 is 5.32 Å². The number of aromatic nitrogens is 5. The van der Waals surface area contributed by atoms with Gasteiger partial charge in [0.1, 0.15) is 11.0 Å². The van der Waals surface area contributed by atoms with E-state index in [1.165, 1.54) is 0 Å². The number of benzene rings is 1. The lowest BCUT2D eigenvalue weighted by molar-refractivity contribution is 0.659. The largest absolute Gasteiger partial charge is 0.379 e. The lowest BCUT2D eigenvalue weighted by Gasteiger charge is -2.04. The molecule has 0 saturated heterocycles. The zero-order chi connectivity index (χ0) is 12.4. The summed E-state index contributed by atoms with van der Waals surface area (Å²) >= 11 is 0. The summed E-state index contributed by atoms with van der Waals surface area (Å²) in [4.78, 5) is 0. The van der Waals surface area contributed by atoms with E-state index in [4.69, 9.17) is 0 Å². The van der Waals surface area contributed by atoms with E-state index in [-0.39, 0.29) is 0 Å². The van der Waals surface area contributed by atoms with E-state index in [1.807, 2.05) is 35.3 Å². The normalized spacial score (nSPS) is 10.9. The molecule has 1 aromatic carbocycles. The van der Waals surface area contributed by atoms with E-state index in [0.717, 1.165) is 35.4 Å². The van der Waals surface area contributed by atoms with Crippen LogP contribution >= 0.6 is 0 Å². The van der Waals surface area contributed by atoms with Crippen molar-refractivity contribution in [2.24, 2.45) is 0 Å². The highest BCUT2D eigenvalue weighted by Crippen LogP contribution is 2.19. The number of nitrogens with one attached hydrogen (secondary N) is 2. The van der Waals surface area contributed by atoms with Gasteiger partial charge in [-0.25, -0.2) is 0 Å². The summed E-state index contributed by atoms with van der Waals surface area (Å²) in [5.41, 5.74) is 3.85. The SMILES string of the molecule is CCn1cc(CNc2cccc3n[nH]nc23)cn1. The van der Waals surface area contributed by atoms with Crippen molar-refractivity contribution >= 4 is 16.7 Å². The van der Waals surface area contributed by atoms with Crippen LogP contribution in [0, 0.1) is 0 Å². The lowest BCUT2D eigenvalue weighted by atomic mass is 10.2. The monoisotopic (exact) mass is 242 g/mol. The van der Waals surface area contributed by atoms with Crippen molar-refractivity contribution in [2.45, 2.75) is 20.0 Å². The van der Waals surface area contributed by atoms with Crippen LogP contribution in [0.15, 0.2) is 30.6 Å². The molecule has 2 aromatic heterocycles. The Morgan fingerprint density at radius 1 is 1.33 bits per heavy atom. The summed E-state index contributed by atoms with van der Waals surface area (Å²) in [7, 11) is 0. The summed E-state index contributed by atoms with van der Waals surface area (Å²) in [6, 6.07) is 5.89. The van der Waals surface area contributed by atoms with E-state index in [0.29, 0.717) is 0 Å². The summed E-state index contributed by atoms with van der Waals surface area (Å²) in [5.74, 6) is 0. The number of H-pyrrole nitrogens is 1. The Morgan fingerprint density at radius 2 is 2.28 bits per heavy atom. The first-order chi connectivity index (χ1) is 8.86. The number of hydrogen-bond acceptors (Lipinski definition) is 4. The molecule has 0 aliphatic carbocycles. The van der Waals surface area contributed by atoms with Gasteiger partial charge in [-0.3, -0.25) is 4.68 Å². The minimum atomic E-state index is 0.728. The van der Waals surface area contributed by atoms with Crippen molar-refractivity contribution < 1.29 is 0 Å². The average molecular weight is 242 g/mol. The van der Waals surface area contributed by atoms with Gasteiger partial charge in [-0.15, -0.1) is 0 Å². The fourth-order valence-electron chi connectivity index (χ4n) is 1.88. The van der Waals surface area contributed by atoms with Gasteiger partial charge in [0.25, 0.3) is 0 Å². The van der Waals surface area contributed by atoms with Crippen LogP contribution in [0.25, 0.3) is 11.0 Å². The molecule has 0 aliphatic rings. The molecule has 0 saturated carbocycles. The molecule has 0 bridgehead atoms. The van der Waals surface area contributed by atoms with Crippen molar-refractivity contribution in [3.8, 4) is 0 Å². The number of fused-ring (bicyclic) bond motifs is 1. The molecule has 0 atom stereocenters. The van der Waals surface area contributed by atoms with Gasteiger partial charge in [0.2, 0.25) is 0 Å². The van der Waals surface area contributed by atoms with Crippen LogP contribution in [0.2, 0.25) is 0 Å². The molecule has 0 spiro atoms. The van der Waals surface area contributed by atoms with Crippen LogP contribution in [-0.2, 0) is 13.1 Å². The van der Waals surface area contributed by atoms with Crippen molar-refractivity contribution in [1.29, 1.82) is 0 Å². The highest BCUT2D eigenvalue weighted by Gasteiger charge is 2.04. The Labute approximate surface area is 104 Å². The van der Waals surface area contributed by atoms with Crippen LogP contribution in [-0.4, -0.2) is 25.2 Å². The third-order valence-electron chi connectivity index (χ3n) is 2.84. The number of rotatable bonds is 4. The van der Waals surface area contributed by atoms with Crippen LogP contribution in [0.4, 0.5) is 5.69 Å². The van der Waals surface area contributed by atoms with Gasteiger partial charge in [0.05, 0.1) is 11.9 Å². The van der Waals surface area contributed by atoms with Crippen LogP contribution in [0.1, 0.15) is 12.5 Å². The highest BCUT2D eigenvalue weighted by molar-refractivity contribution is 5.87. The maximum absolute atomic E-state index is 4.24. The van der Waals surface area contributed by atoms with Crippen LogP contribution in [0.5, 0.6) is 0 Å². The standard InChI is InChI=1S/C12H14N6/c1-2-18-8-9(7-14-18)6-13-10-4-3-5-11-12(10)16-17-15-11/h3-5,7-8,13H,2,6H2,1H3,(H,15,16,17). The van der Waals surface area contributed by atoms with E-state index >= 15 is 0 Å². The number of aryl methyl sites for hydroxylation is 1. The van der Waals surface area contributed by atoms with E-state index in [1.54, 1.807) is 0 Å². The fourth-order valence-corrected chi connectivity index (χ4v) is 1.88. The van der Waals surface area contributed by atoms with Gasteiger partial charge >= 0.3 is 0 Å². The minimum absolute atomic E-state index is 0.728. The highest BCUT2D eigenvalue weighted by atomic mass is 15.3. The van der Waals surface area contributed by atoms with Crippen molar-refractivity contribution in [3.63, 3.8) is 0 Å². The van der Waals surface area contributed by atoms with Crippen molar-refractivity contribution in [2.75, 3.05) is 5.32 Å². The zero-order valence-electron chi connectivity index (χ0n) is 10.1. The predicted molar refractivity (Wildman–Crippen MR) is 69.1 cm³/mol. The fraction of sp³-hybridized carbons (Fsp3) is 0.250. The third-order valence-corrected chi connectivity index (χ3v) is 2.84. The first-order valence-electron chi connectivity index (χ1n) is 5.91. The first kappa shape index (κ1) is 10.8. The Morgan fingerprint density at radius 3 is 3.11 bits per heavy atom. The quantitative estimate of drug-likeness (QED) is 0.731. The molecule has 0 radical (unpaired) electrons. The number of nitrogens with zero attached hydrogens (tertiary/aromatic N) is 4. The number of para-hydroxylation sites is 1. The Balaban J connectivity index is 1.78. The molecule has 3 aromatic rings. The Kier molecular flexibility index (Phi) is 2.68. The zero-order valence-corrected chi connectivity index (χ0v) is 10.1. The van der Waals surface area contributed by atoms with E-state index in [9.17, 15) is 0 Å². The third kappa shape index (κ3) is 1.92. The lowest BCUT2D eigenvalue weighted by Crippen LogP contribution is -1.99. The van der Waals surface area contributed by atoms with E-state index in [2.05, 4.69) is 32.7 Å². The predicted octanol–water partition coefficient (Wildman–Crippen LogP) is 1.79. The molecule has 2 N–H and O–H groups in total. The smallest absolute Gasteiger partial charge is 0.136 e. The molecule has 6 nitrogen and oxygen atoms in total. The number of aromatic amines is 1. The first-order valence-corrected chi connectivity index (χ1v) is 5.91. The molecular weight excluding hydrogens is 228 g/mol. The second kappa shape index (κ2) is 4.48. The van der Waals surface area contributed by atoms with Crippen molar-refractivity contribution in [3.05, 3.63) is 36.2 Å². The maximum Gasteiger partial charge on any atom is 0.136 e. The van der Waals surface area contributed by atoms with Crippen LogP contribution < -0.4 is 5.32 Å². The second-order valence-electron chi connectivity index (χ2n) is 4.05. The summed E-state index contributed by atoms with van der Waals surface area (Å²) < 4.78 is 1.91. The Hall–Kier alpha value is -2.37. The Bertz CT molecular complexity index is 653. The molecule has 2 heterocycles. The van der Waals surface area contributed by atoms with Gasteiger partial charge in [0, 0.05) is 24.8 Å². The second-order valence-corrected chi connectivity index (χ2v) is 4.05. The average Bonchev–Trinajstić information content (AvgIpc) is 3.05. The molecule has 0 unspecified atom stereocenters. The molecular formula is C12H14N6. The molecule has 0 amide bonds. The molecule has 6 heteroatoms. The summed E-state index contributed by atoms with van der Waals surface area (Å²) in [5, 5.41) is 18.4. The molecule has 18 heavy (non-hydrogen) atoms. The molecule has 92 valence electrons. The topological polar surface area (TPSA) is 71.4 Å². The molecule has 0 aliphatic heterocycles. The van der Waals surface area contributed by atoms with Gasteiger partial charge in [-0.2, -0.15) is 20.5 Å². The summed E-state index contributed by atoms with van der Waals surface area (Å²) in [6.45, 7) is 3.69. The van der Waals surface area contributed by atoms with Gasteiger partial charge in [-0.05, 0) is 19.1 Å². The van der Waals surface area contributed by atoms with E-state index < -0.39 is 0 Å². The number of hydrogen-bond donors (Lipinski definition) is 2. The summed E-state index contributed by atoms with van der Waals surface area (Å²) in [6.07, 6.45) is 3.91. The molecule has 3 rings (SSSR count). The van der Waals surface area contributed by atoms with Gasteiger partial charge in [0.15, 0.2) is 0 Å².